The molecule has 10 heteroatoms. The SMILES string of the molecule is CC(Br)C(=O)c1cccc(SC(F)(F)F)c1SC(F)(F)F. The van der Waals surface area contributed by atoms with Crippen molar-refractivity contribution in [3.05, 3.63) is 23.8 Å². The fourth-order valence-corrected chi connectivity index (χ4v) is 3.12. The highest BCUT2D eigenvalue weighted by atomic mass is 79.9. The van der Waals surface area contributed by atoms with Gasteiger partial charge in [0.2, 0.25) is 0 Å². The lowest BCUT2D eigenvalue weighted by Gasteiger charge is -2.16. The topological polar surface area (TPSA) is 17.1 Å². The maximum atomic E-state index is 12.5. The fourth-order valence-electron chi connectivity index (χ4n) is 1.35. The molecule has 0 spiro atoms. The highest BCUT2D eigenvalue weighted by Crippen LogP contribution is 2.47. The minimum atomic E-state index is -4.80. The van der Waals surface area contributed by atoms with E-state index in [9.17, 15) is 31.1 Å². The van der Waals surface area contributed by atoms with Crippen molar-refractivity contribution in [1.29, 1.82) is 0 Å². The van der Waals surface area contributed by atoms with E-state index in [1.165, 1.54) is 6.92 Å². The number of carbonyl (C=O) groups excluding carboxylic acids is 1. The van der Waals surface area contributed by atoms with E-state index in [-0.39, 0.29) is 0 Å². The van der Waals surface area contributed by atoms with E-state index in [1.54, 1.807) is 0 Å². The molecule has 0 aliphatic rings. The Kier molecular flexibility index (Phi) is 6.08. The molecular formula is C11H7BrF6OS2. The Balaban J connectivity index is 3.37. The molecule has 1 aromatic rings. The molecule has 0 heterocycles. The Labute approximate surface area is 133 Å². The van der Waals surface area contributed by atoms with Crippen LogP contribution >= 0.6 is 39.5 Å². The smallest absolute Gasteiger partial charge is 0.293 e. The van der Waals surface area contributed by atoms with Crippen molar-refractivity contribution in [2.45, 2.75) is 32.6 Å². The third-order valence-corrected chi connectivity index (χ3v) is 4.26. The number of alkyl halides is 7. The van der Waals surface area contributed by atoms with Crippen LogP contribution in [0.5, 0.6) is 0 Å². The van der Waals surface area contributed by atoms with Crippen LogP contribution in [0.2, 0.25) is 0 Å². The van der Waals surface area contributed by atoms with Crippen LogP contribution in [0.15, 0.2) is 28.0 Å². The summed E-state index contributed by atoms with van der Waals surface area (Å²) in [6.07, 6.45) is 0. The quantitative estimate of drug-likeness (QED) is 0.266. The predicted molar refractivity (Wildman–Crippen MR) is 73.0 cm³/mol. The van der Waals surface area contributed by atoms with Gasteiger partial charge in [-0.25, -0.2) is 0 Å². The first-order valence-corrected chi connectivity index (χ1v) is 7.78. The second-order valence-electron chi connectivity index (χ2n) is 3.71. The molecule has 21 heavy (non-hydrogen) atoms. The van der Waals surface area contributed by atoms with Gasteiger partial charge in [0.25, 0.3) is 0 Å². The highest BCUT2D eigenvalue weighted by Gasteiger charge is 2.37. The largest absolute Gasteiger partial charge is 0.446 e. The average molecular weight is 413 g/mol. The normalized spacial score (nSPS) is 14.1. The van der Waals surface area contributed by atoms with Crippen LogP contribution in [-0.2, 0) is 0 Å². The number of rotatable bonds is 4. The van der Waals surface area contributed by atoms with Crippen molar-refractivity contribution in [1.82, 2.24) is 0 Å². The number of ketones is 1. The van der Waals surface area contributed by atoms with E-state index < -0.39 is 60.5 Å². The van der Waals surface area contributed by atoms with Gasteiger partial charge in [-0.2, -0.15) is 26.3 Å². The van der Waals surface area contributed by atoms with E-state index in [2.05, 4.69) is 15.9 Å². The van der Waals surface area contributed by atoms with E-state index in [0.717, 1.165) is 18.2 Å². The summed E-state index contributed by atoms with van der Waals surface area (Å²) in [5, 5.41) is 0. The summed E-state index contributed by atoms with van der Waals surface area (Å²) in [4.78, 5) is 9.66. The summed E-state index contributed by atoms with van der Waals surface area (Å²) in [6, 6.07) is 3.10. The minimum absolute atomic E-state index is 0.393. The standard InChI is InChI=1S/C11H7BrF6OS2/c1-5(12)8(19)6-3-2-4-7(20-10(13,14)15)9(6)21-11(16,17)18/h2-5H,1H3. The van der Waals surface area contributed by atoms with Gasteiger partial charge >= 0.3 is 11.0 Å². The molecule has 0 aromatic heterocycles. The van der Waals surface area contributed by atoms with Gasteiger partial charge in [0, 0.05) is 15.4 Å². The van der Waals surface area contributed by atoms with Gasteiger partial charge in [0.1, 0.15) is 0 Å². The molecule has 118 valence electrons. The molecule has 0 aliphatic heterocycles. The van der Waals surface area contributed by atoms with E-state index in [1.807, 2.05) is 0 Å². The molecule has 0 saturated heterocycles. The highest BCUT2D eigenvalue weighted by molar-refractivity contribution is 9.10. The van der Waals surface area contributed by atoms with Crippen molar-refractivity contribution >= 4 is 45.2 Å². The first-order valence-electron chi connectivity index (χ1n) is 5.23. The minimum Gasteiger partial charge on any atom is -0.293 e. The van der Waals surface area contributed by atoms with Crippen LogP contribution in [0.1, 0.15) is 17.3 Å². The van der Waals surface area contributed by atoms with Gasteiger partial charge in [-0.1, -0.05) is 28.1 Å². The number of hydrogen-bond donors (Lipinski definition) is 0. The monoisotopic (exact) mass is 412 g/mol. The van der Waals surface area contributed by atoms with Crippen molar-refractivity contribution in [3.63, 3.8) is 0 Å². The fraction of sp³-hybridized carbons (Fsp3) is 0.364. The molecule has 0 fully saturated rings. The Morgan fingerprint density at radius 2 is 1.62 bits per heavy atom. The maximum Gasteiger partial charge on any atom is 0.446 e. The first-order chi connectivity index (χ1) is 9.41. The van der Waals surface area contributed by atoms with E-state index in [4.69, 9.17) is 0 Å². The zero-order valence-electron chi connectivity index (χ0n) is 10.2. The summed E-state index contributed by atoms with van der Waals surface area (Å²) in [7, 11) is 0. The molecule has 1 rings (SSSR count). The Bertz CT molecular complexity index is 526. The van der Waals surface area contributed by atoms with Crippen LogP contribution in [-0.4, -0.2) is 21.6 Å². The molecule has 1 aromatic carbocycles. The Morgan fingerprint density at radius 3 is 2.05 bits per heavy atom. The van der Waals surface area contributed by atoms with Crippen LogP contribution in [0.3, 0.4) is 0 Å². The van der Waals surface area contributed by atoms with Crippen molar-refractivity contribution < 1.29 is 31.1 Å². The molecule has 0 saturated carbocycles. The number of hydrogen-bond acceptors (Lipinski definition) is 3. The lowest BCUT2D eigenvalue weighted by molar-refractivity contribution is -0.0346. The van der Waals surface area contributed by atoms with Crippen LogP contribution in [0.25, 0.3) is 0 Å². The lowest BCUT2D eigenvalue weighted by Crippen LogP contribution is -2.14. The van der Waals surface area contributed by atoms with Crippen molar-refractivity contribution in [2.24, 2.45) is 0 Å². The third-order valence-electron chi connectivity index (χ3n) is 2.05. The van der Waals surface area contributed by atoms with Gasteiger partial charge in [-0.15, -0.1) is 0 Å². The second kappa shape index (κ2) is 6.82. The Morgan fingerprint density at radius 1 is 1.10 bits per heavy atom. The molecule has 0 radical (unpaired) electrons. The van der Waals surface area contributed by atoms with Gasteiger partial charge < -0.3 is 0 Å². The second-order valence-corrected chi connectivity index (χ2v) is 7.26. The number of thioether (sulfide) groups is 2. The molecule has 1 nitrogen and oxygen atoms in total. The number of halogens is 7. The zero-order valence-corrected chi connectivity index (χ0v) is 13.4. The summed E-state index contributed by atoms with van der Waals surface area (Å²) in [6.45, 7) is 1.38. The molecule has 1 atom stereocenters. The molecule has 1 unspecified atom stereocenters. The van der Waals surface area contributed by atoms with Crippen LogP contribution < -0.4 is 0 Å². The van der Waals surface area contributed by atoms with Crippen molar-refractivity contribution in [2.75, 3.05) is 0 Å². The number of carbonyl (C=O) groups is 1. The lowest BCUT2D eigenvalue weighted by atomic mass is 10.1. The molecule has 0 aliphatic carbocycles. The average Bonchev–Trinajstić information content (AvgIpc) is 2.26. The van der Waals surface area contributed by atoms with Gasteiger partial charge in [-0.05, 0) is 36.5 Å². The van der Waals surface area contributed by atoms with Gasteiger partial charge in [-0.3, -0.25) is 4.79 Å². The Hall–Kier alpha value is -0.350. The summed E-state index contributed by atoms with van der Waals surface area (Å²) >= 11 is 1.51. The van der Waals surface area contributed by atoms with Gasteiger partial charge in [0.05, 0.1) is 4.83 Å². The van der Waals surface area contributed by atoms with E-state index in [0.29, 0.717) is 0 Å². The third kappa shape index (κ3) is 6.11. The summed E-state index contributed by atoms with van der Waals surface area (Å²) in [5.74, 6) is -0.716. The van der Waals surface area contributed by atoms with Gasteiger partial charge in [0.15, 0.2) is 5.78 Å². The first kappa shape index (κ1) is 18.7. The maximum absolute atomic E-state index is 12.5. The molecule has 0 bridgehead atoms. The summed E-state index contributed by atoms with van der Waals surface area (Å²) in [5.41, 5.74) is -9.94. The zero-order chi connectivity index (χ0) is 16.4. The number of Topliss-reactive ketones (excluding diaryl/α,β-unsaturated/α-hetero) is 1. The predicted octanol–water partition coefficient (Wildman–Crippen LogP) is 5.88. The van der Waals surface area contributed by atoms with Crippen molar-refractivity contribution in [3.8, 4) is 0 Å². The molecular weight excluding hydrogens is 406 g/mol. The van der Waals surface area contributed by atoms with E-state index >= 15 is 0 Å². The van der Waals surface area contributed by atoms with Crippen LogP contribution in [0, 0.1) is 0 Å². The summed E-state index contributed by atoms with van der Waals surface area (Å²) < 4.78 is 74.9. The molecule has 0 amide bonds. The molecule has 0 N–H and O–H groups in total. The number of benzene rings is 1. The van der Waals surface area contributed by atoms with Crippen LogP contribution in [0.4, 0.5) is 26.3 Å².